The Kier molecular flexibility index (Phi) is 5.37. The first-order chi connectivity index (χ1) is 11.5. The van der Waals surface area contributed by atoms with E-state index in [0.717, 1.165) is 11.3 Å². The van der Waals surface area contributed by atoms with Crippen LogP contribution in [-0.2, 0) is 14.8 Å². The lowest BCUT2D eigenvalue weighted by molar-refractivity contribution is 0.0941. The van der Waals surface area contributed by atoms with Crippen molar-refractivity contribution in [2.24, 2.45) is 0 Å². The summed E-state index contributed by atoms with van der Waals surface area (Å²) in [5.41, 5.74) is 2.30. The van der Waals surface area contributed by atoms with Gasteiger partial charge in [-0.2, -0.15) is 0 Å². The number of thiophene rings is 1. The Morgan fingerprint density at radius 2 is 2.08 bits per heavy atom. The second-order valence-corrected chi connectivity index (χ2v) is 9.19. The van der Waals surface area contributed by atoms with Crippen molar-refractivity contribution >= 4 is 55.3 Å². The molecule has 24 heavy (non-hydrogen) atoms. The number of hydrogen-bond donors (Lipinski definition) is 2. The van der Waals surface area contributed by atoms with Crippen LogP contribution in [0.15, 0.2) is 21.7 Å². The number of nitrogens with one attached hydrogen (secondary N) is 2. The highest BCUT2D eigenvalue weighted by molar-refractivity contribution is 7.91. The SMILES string of the molecule is O=C(NNS(=O)(=O)c1ccc(Cl)s1)c1csc(N2CCOCC2)n1. The Morgan fingerprint density at radius 3 is 2.75 bits per heavy atom. The fourth-order valence-electron chi connectivity index (χ4n) is 1.94. The number of halogens is 1. The number of anilines is 1. The van der Waals surface area contributed by atoms with Crippen molar-refractivity contribution in [2.45, 2.75) is 4.21 Å². The normalized spacial score (nSPS) is 15.5. The third kappa shape index (κ3) is 4.05. The maximum absolute atomic E-state index is 12.1. The van der Waals surface area contributed by atoms with Gasteiger partial charge < -0.3 is 9.64 Å². The van der Waals surface area contributed by atoms with Gasteiger partial charge >= 0.3 is 0 Å². The molecule has 0 bridgehead atoms. The molecule has 8 nitrogen and oxygen atoms in total. The number of morpholine rings is 1. The molecule has 12 heteroatoms. The molecule has 2 N–H and O–H groups in total. The van der Waals surface area contributed by atoms with E-state index in [9.17, 15) is 13.2 Å². The maximum atomic E-state index is 12.1. The molecule has 1 saturated heterocycles. The van der Waals surface area contributed by atoms with Crippen molar-refractivity contribution in [3.63, 3.8) is 0 Å². The number of aromatic nitrogens is 1. The summed E-state index contributed by atoms with van der Waals surface area (Å²) >= 11 is 7.94. The number of nitrogens with zero attached hydrogens (tertiary/aromatic N) is 2. The molecule has 0 aliphatic carbocycles. The van der Waals surface area contributed by atoms with Gasteiger partial charge in [0.2, 0.25) is 0 Å². The fraction of sp³-hybridized carbons (Fsp3) is 0.333. The van der Waals surface area contributed by atoms with Crippen molar-refractivity contribution in [2.75, 3.05) is 31.2 Å². The van der Waals surface area contributed by atoms with Crippen LogP contribution in [0.4, 0.5) is 5.13 Å². The quantitative estimate of drug-likeness (QED) is 0.723. The molecule has 0 radical (unpaired) electrons. The third-order valence-electron chi connectivity index (χ3n) is 3.12. The van der Waals surface area contributed by atoms with Crippen LogP contribution in [0, 0.1) is 0 Å². The summed E-state index contributed by atoms with van der Waals surface area (Å²) in [6, 6.07) is 2.83. The molecular weight excluding hydrogens is 396 g/mol. The molecule has 3 rings (SSSR count). The number of hydrazine groups is 1. The first kappa shape index (κ1) is 17.6. The smallest absolute Gasteiger partial charge is 0.285 e. The predicted molar refractivity (Wildman–Crippen MR) is 92.3 cm³/mol. The van der Waals surface area contributed by atoms with Gasteiger partial charge in [-0.25, -0.2) is 13.4 Å². The van der Waals surface area contributed by atoms with Crippen LogP contribution in [0.2, 0.25) is 4.34 Å². The zero-order valence-electron chi connectivity index (χ0n) is 12.2. The van der Waals surface area contributed by atoms with Crippen LogP contribution in [0.3, 0.4) is 0 Å². The highest BCUT2D eigenvalue weighted by Gasteiger charge is 2.20. The van der Waals surface area contributed by atoms with Crippen molar-refractivity contribution < 1.29 is 17.9 Å². The van der Waals surface area contributed by atoms with E-state index in [2.05, 4.69) is 10.4 Å². The number of rotatable bonds is 5. The molecule has 2 aromatic rings. The van der Waals surface area contributed by atoms with Gasteiger partial charge in [-0.3, -0.25) is 10.2 Å². The molecule has 1 amide bonds. The van der Waals surface area contributed by atoms with E-state index in [1.54, 1.807) is 5.38 Å². The molecule has 0 unspecified atom stereocenters. The van der Waals surface area contributed by atoms with E-state index in [4.69, 9.17) is 16.3 Å². The summed E-state index contributed by atoms with van der Waals surface area (Å²) in [5, 5.41) is 2.28. The van der Waals surface area contributed by atoms with E-state index in [0.29, 0.717) is 35.8 Å². The number of ether oxygens (including phenoxy) is 1. The summed E-state index contributed by atoms with van der Waals surface area (Å²) < 4.78 is 29.7. The molecule has 1 fully saturated rings. The summed E-state index contributed by atoms with van der Waals surface area (Å²) in [4.78, 5) is 20.3. The molecule has 0 spiro atoms. The maximum Gasteiger partial charge on any atom is 0.285 e. The number of hydrogen-bond acceptors (Lipinski definition) is 8. The first-order valence-corrected chi connectivity index (χ1v) is 10.4. The fourth-order valence-corrected chi connectivity index (χ4v) is 5.12. The first-order valence-electron chi connectivity index (χ1n) is 6.81. The summed E-state index contributed by atoms with van der Waals surface area (Å²) in [6.07, 6.45) is 0. The van der Waals surface area contributed by atoms with Gasteiger partial charge in [0.05, 0.1) is 17.6 Å². The molecule has 1 aliphatic rings. The second-order valence-electron chi connectivity index (χ2n) is 4.73. The topological polar surface area (TPSA) is 101 Å². The van der Waals surface area contributed by atoms with Crippen LogP contribution in [0.5, 0.6) is 0 Å². The number of thiazole rings is 1. The Labute approximate surface area is 151 Å². The Bertz CT molecular complexity index is 829. The summed E-state index contributed by atoms with van der Waals surface area (Å²) in [6.45, 7) is 2.65. The van der Waals surface area contributed by atoms with E-state index in [1.807, 2.05) is 9.73 Å². The van der Waals surface area contributed by atoms with Crippen LogP contribution in [-0.4, -0.2) is 45.6 Å². The minimum Gasteiger partial charge on any atom is -0.378 e. The third-order valence-corrected chi connectivity index (χ3v) is 6.99. The van der Waals surface area contributed by atoms with Crippen LogP contribution >= 0.6 is 34.3 Å². The van der Waals surface area contributed by atoms with Crippen molar-refractivity contribution in [3.05, 3.63) is 27.5 Å². The molecule has 130 valence electrons. The van der Waals surface area contributed by atoms with E-state index in [-0.39, 0.29) is 9.90 Å². The van der Waals surface area contributed by atoms with Crippen LogP contribution < -0.4 is 15.2 Å². The van der Waals surface area contributed by atoms with Gasteiger partial charge in [-0.05, 0) is 12.1 Å². The van der Waals surface area contributed by atoms with Crippen LogP contribution in [0.1, 0.15) is 10.5 Å². The minimum absolute atomic E-state index is 0.0140. The average molecular weight is 409 g/mol. The van der Waals surface area contributed by atoms with E-state index < -0.39 is 15.9 Å². The zero-order valence-corrected chi connectivity index (χ0v) is 15.4. The van der Waals surface area contributed by atoms with Gasteiger partial charge in [0, 0.05) is 18.5 Å². The van der Waals surface area contributed by atoms with Crippen molar-refractivity contribution in [3.8, 4) is 0 Å². The van der Waals surface area contributed by atoms with Gasteiger partial charge in [0.15, 0.2) is 5.13 Å². The summed E-state index contributed by atoms with van der Waals surface area (Å²) in [7, 11) is -3.86. The largest absolute Gasteiger partial charge is 0.378 e. The lowest BCUT2D eigenvalue weighted by Gasteiger charge is -2.25. The Hall–Kier alpha value is -1.24. The molecule has 3 heterocycles. The number of carbonyl (C=O) groups excluding carboxylic acids is 1. The van der Waals surface area contributed by atoms with Gasteiger partial charge in [0.1, 0.15) is 9.90 Å². The van der Waals surface area contributed by atoms with Gasteiger partial charge in [-0.15, -0.1) is 27.5 Å². The number of carbonyl (C=O) groups is 1. The Morgan fingerprint density at radius 1 is 1.33 bits per heavy atom. The Balaban J connectivity index is 1.62. The lowest BCUT2D eigenvalue weighted by atomic mass is 10.4. The summed E-state index contributed by atoms with van der Waals surface area (Å²) in [5.74, 6) is -0.628. The number of sulfonamides is 1. The van der Waals surface area contributed by atoms with Gasteiger partial charge in [-0.1, -0.05) is 11.6 Å². The predicted octanol–water partition coefficient (Wildman–Crippen LogP) is 1.32. The van der Waals surface area contributed by atoms with E-state index in [1.165, 1.54) is 23.5 Å². The minimum atomic E-state index is -3.86. The lowest BCUT2D eigenvalue weighted by Crippen LogP contribution is -2.41. The molecule has 0 atom stereocenters. The number of amides is 1. The molecule has 2 aromatic heterocycles. The molecule has 0 saturated carbocycles. The monoisotopic (exact) mass is 408 g/mol. The molecular formula is C12H13ClN4O4S3. The van der Waals surface area contributed by atoms with Gasteiger partial charge in [0.25, 0.3) is 15.9 Å². The van der Waals surface area contributed by atoms with E-state index >= 15 is 0 Å². The standard InChI is InChI=1S/C12H13ClN4O4S3/c13-9-1-2-10(23-9)24(19,20)16-15-11(18)8-7-22-12(14-8)17-3-5-21-6-4-17/h1-2,7,16H,3-6H2,(H,15,18). The average Bonchev–Trinajstić information content (AvgIpc) is 3.23. The highest BCUT2D eigenvalue weighted by Crippen LogP contribution is 2.25. The molecule has 1 aliphatic heterocycles. The zero-order chi connectivity index (χ0) is 17.2. The van der Waals surface area contributed by atoms with Crippen molar-refractivity contribution in [1.29, 1.82) is 0 Å². The van der Waals surface area contributed by atoms with Crippen LogP contribution in [0.25, 0.3) is 0 Å². The highest BCUT2D eigenvalue weighted by atomic mass is 35.5. The van der Waals surface area contributed by atoms with Crippen molar-refractivity contribution in [1.82, 2.24) is 15.2 Å². The molecule has 0 aromatic carbocycles. The second kappa shape index (κ2) is 7.33.